The Labute approximate surface area is 145 Å². The first-order valence-electron chi connectivity index (χ1n) is 8.36. The molecule has 1 aromatic heterocycles. The number of nitrogens with zero attached hydrogens (tertiary/aromatic N) is 3. The van der Waals surface area contributed by atoms with Crippen molar-refractivity contribution in [2.24, 2.45) is 5.92 Å². The summed E-state index contributed by atoms with van der Waals surface area (Å²) in [7, 11) is 0. The van der Waals surface area contributed by atoms with E-state index in [9.17, 15) is 18.0 Å². The van der Waals surface area contributed by atoms with Crippen LogP contribution in [0.3, 0.4) is 0 Å². The fourth-order valence-electron chi connectivity index (χ4n) is 2.60. The van der Waals surface area contributed by atoms with Gasteiger partial charge in [0, 0.05) is 36.9 Å². The molecule has 0 N–H and O–H groups in total. The highest BCUT2D eigenvalue weighted by atomic mass is 19.4. The number of aromatic nitrogens is 2. The number of hydrogen-bond acceptors (Lipinski definition) is 4. The molecule has 1 saturated heterocycles. The van der Waals surface area contributed by atoms with Gasteiger partial charge >= 0.3 is 6.18 Å². The van der Waals surface area contributed by atoms with Gasteiger partial charge in [-0.2, -0.15) is 18.3 Å². The summed E-state index contributed by atoms with van der Waals surface area (Å²) in [5.74, 6) is 0.0583. The molecule has 0 saturated carbocycles. The van der Waals surface area contributed by atoms with Crippen LogP contribution in [0.2, 0.25) is 0 Å². The van der Waals surface area contributed by atoms with E-state index in [0.29, 0.717) is 32.0 Å². The lowest BCUT2D eigenvalue weighted by atomic mass is 9.92. The number of ether oxygens (including phenoxy) is 1. The Bertz CT molecular complexity index is 582. The molecule has 1 fully saturated rings. The number of alkyl halides is 3. The maximum absolute atomic E-state index is 12.2. The quantitative estimate of drug-likeness (QED) is 0.809. The van der Waals surface area contributed by atoms with Gasteiger partial charge in [-0.25, -0.2) is 0 Å². The molecule has 1 aliphatic rings. The first kappa shape index (κ1) is 19.5. The predicted octanol–water partition coefficient (Wildman–Crippen LogP) is 3.34. The summed E-state index contributed by atoms with van der Waals surface area (Å²) in [6, 6.07) is 3.62. The molecule has 25 heavy (non-hydrogen) atoms. The van der Waals surface area contributed by atoms with Gasteiger partial charge < -0.3 is 9.64 Å². The van der Waals surface area contributed by atoms with Gasteiger partial charge in [0.05, 0.1) is 18.7 Å². The Kier molecular flexibility index (Phi) is 5.90. The summed E-state index contributed by atoms with van der Waals surface area (Å²) >= 11 is 0. The van der Waals surface area contributed by atoms with E-state index < -0.39 is 24.9 Å². The molecule has 1 aliphatic heterocycles. The van der Waals surface area contributed by atoms with Crippen LogP contribution in [0.1, 0.15) is 45.7 Å². The van der Waals surface area contributed by atoms with Gasteiger partial charge in [-0.1, -0.05) is 20.8 Å². The van der Waals surface area contributed by atoms with Gasteiger partial charge in [-0.05, 0) is 12.5 Å². The Morgan fingerprint density at radius 3 is 2.56 bits per heavy atom. The van der Waals surface area contributed by atoms with Crippen molar-refractivity contribution in [1.82, 2.24) is 15.1 Å². The highest BCUT2D eigenvalue weighted by Gasteiger charge is 2.32. The van der Waals surface area contributed by atoms with Crippen LogP contribution in [0, 0.1) is 5.92 Å². The van der Waals surface area contributed by atoms with E-state index >= 15 is 0 Å². The monoisotopic (exact) mass is 359 g/mol. The van der Waals surface area contributed by atoms with Crippen molar-refractivity contribution in [3.63, 3.8) is 0 Å². The lowest BCUT2D eigenvalue weighted by Crippen LogP contribution is -2.30. The lowest BCUT2D eigenvalue weighted by Gasteiger charge is -2.18. The maximum atomic E-state index is 12.2. The fourth-order valence-corrected chi connectivity index (χ4v) is 2.60. The molecule has 0 bridgehead atoms. The van der Waals surface area contributed by atoms with Crippen LogP contribution < -0.4 is 4.74 Å². The summed E-state index contributed by atoms with van der Waals surface area (Å²) in [5, 5.41) is 8.18. The van der Waals surface area contributed by atoms with E-state index in [4.69, 9.17) is 4.74 Å². The van der Waals surface area contributed by atoms with Crippen molar-refractivity contribution in [1.29, 1.82) is 0 Å². The Morgan fingerprint density at radius 1 is 1.28 bits per heavy atom. The van der Waals surface area contributed by atoms with Gasteiger partial charge in [0.25, 0.3) is 0 Å². The van der Waals surface area contributed by atoms with E-state index in [1.165, 1.54) is 4.90 Å². The van der Waals surface area contributed by atoms with Gasteiger partial charge in [0.15, 0.2) is 0 Å². The third kappa shape index (κ3) is 6.17. The van der Waals surface area contributed by atoms with E-state index in [1.807, 2.05) is 26.8 Å². The molecule has 5 nitrogen and oxygen atoms in total. The first-order chi connectivity index (χ1) is 11.5. The molecule has 1 aromatic rings. The molecular formula is C17H24F3N3O2. The smallest absolute Gasteiger partial charge is 0.389 e. The lowest BCUT2D eigenvalue weighted by molar-refractivity contribution is -0.148. The summed E-state index contributed by atoms with van der Waals surface area (Å²) in [6.45, 7) is 7.39. The number of carbonyl (C=O) groups is 1. The number of rotatable bonds is 5. The van der Waals surface area contributed by atoms with Crippen LogP contribution in [0.5, 0.6) is 5.88 Å². The van der Waals surface area contributed by atoms with Crippen LogP contribution in [-0.4, -0.2) is 46.9 Å². The molecule has 1 amide bonds. The van der Waals surface area contributed by atoms with Crippen LogP contribution in [0.15, 0.2) is 12.1 Å². The van der Waals surface area contributed by atoms with Crippen LogP contribution >= 0.6 is 0 Å². The van der Waals surface area contributed by atoms with E-state index in [1.54, 1.807) is 6.07 Å². The van der Waals surface area contributed by atoms with Crippen molar-refractivity contribution >= 4 is 5.91 Å². The largest absolute Gasteiger partial charge is 0.476 e. The highest BCUT2D eigenvalue weighted by molar-refractivity contribution is 5.76. The third-order valence-corrected chi connectivity index (χ3v) is 4.14. The molecule has 0 aromatic carbocycles. The zero-order valence-corrected chi connectivity index (χ0v) is 14.8. The Hall–Kier alpha value is -1.86. The molecule has 0 spiro atoms. The minimum Gasteiger partial charge on any atom is -0.476 e. The molecule has 1 atom stereocenters. The molecule has 0 aliphatic carbocycles. The van der Waals surface area contributed by atoms with E-state index in [0.717, 1.165) is 5.69 Å². The summed E-state index contributed by atoms with van der Waals surface area (Å²) < 4.78 is 42.2. The van der Waals surface area contributed by atoms with Crippen molar-refractivity contribution in [3.05, 3.63) is 17.8 Å². The van der Waals surface area contributed by atoms with E-state index in [2.05, 4.69) is 10.2 Å². The second kappa shape index (κ2) is 7.58. The Morgan fingerprint density at radius 2 is 2.00 bits per heavy atom. The van der Waals surface area contributed by atoms with Crippen LogP contribution in [0.25, 0.3) is 0 Å². The molecular weight excluding hydrogens is 335 g/mol. The zero-order chi connectivity index (χ0) is 18.7. The van der Waals surface area contributed by atoms with Crippen LogP contribution in [-0.2, 0) is 10.2 Å². The van der Waals surface area contributed by atoms with Crippen molar-refractivity contribution in [3.8, 4) is 5.88 Å². The molecule has 2 rings (SSSR count). The average Bonchev–Trinajstić information content (AvgIpc) is 2.98. The van der Waals surface area contributed by atoms with Crippen LogP contribution in [0.4, 0.5) is 13.2 Å². The van der Waals surface area contributed by atoms with Gasteiger partial charge in [-0.15, -0.1) is 5.10 Å². The summed E-state index contributed by atoms with van der Waals surface area (Å²) in [5.41, 5.74) is 0.774. The topological polar surface area (TPSA) is 55.3 Å². The van der Waals surface area contributed by atoms with E-state index in [-0.39, 0.29) is 11.3 Å². The van der Waals surface area contributed by atoms with Crippen molar-refractivity contribution < 1.29 is 22.7 Å². The fraction of sp³-hybridized carbons (Fsp3) is 0.706. The highest BCUT2D eigenvalue weighted by Crippen LogP contribution is 2.24. The zero-order valence-electron chi connectivity index (χ0n) is 14.8. The van der Waals surface area contributed by atoms with Gasteiger partial charge in [-0.3, -0.25) is 4.79 Å². The molecule has 8 heteroatoms. The maximum Gasteiger partial charge on any atom is 0.389 e. The Balaban J connectivity index is 1.77. The number of likely N-dealkylation sites (tertiary alicyclic amines) is 1. The normalized spacial score (nSPS) is 18.5. The first-order valence-corrected chi connectivity index (χ1v) is 8.36. The average molecular weight is 359 g/mol. The minimum absolute atomic E-state index is 0.0890. The second-order valence-electron chi connectivity index (χ2n) is 7.43. The number of amides is 1. The second-order valence-corrected chi connectivity index (χ2v) is 7.43. The van der Waals surface area contributed by atoms with Gasteiger partial charge in [0.2, 0.25) is 11.8 Å². The molecule has 140 valence electrons. The standard InChI is InChI=1S/C17H24F3N3O2/c1-16(2,3)13-4-5-14(22-21-13)25-11-12-7-9-23(10-12)15(24)6-8-17(18,19)20/h4-5,12H,6-11H2,1-3H3. The summed E-state index contributed by atoms with van der Waals surface area (Å²) in [6.07, 6.45) is -5.14. The molecule has 0 radical (unpaired) electrons. The van der Waals surface area contributed by atoms with Gasteiger partial charge in [0.1, 0.15) is 0 Å². The number of hydrogen-bond donors (Lipinski definition) is 0. The SMILES string of the molecule is CC(C)(C)c1ccc(OCC2CCN(C(=O)CCC(F)(F)F)C2)nn1. The third-order valence-electron chi connectivity index (χ3n) is 4.14. The molecule has 2 heterocycles. The molecule has 1 unspecified atom stereocenters. The number of carbonyl (C=O) groups excluding carboxylic acids is 1. The number of halogens is 3. The summed E-state index contributed by atoms with van der Waals surface area (Å²) in [4.78, 5) is 13.3. The van der Waals surface area contributed by atoms with Crippen molar-refractivity contribution in [2.45, 2.75) is 51.6 Å². The minimum atomic E-state index is -4.30. The predicted molar refractivity (Wildman–Crippen MR) is 86.2 cm³/mol. The van der Waals surface area contributed by atoms with Crippen molar-refractivity contribution in [2.75, 3.05) is 19.7 Å².